The van der Waals surface area contributed by atoms with Gasteiger partial charge in [-0.05, 0) is 31.4 Å². The number of rotatable bonds is 3. The number of piperidine rings is 1. The van der Waals surface area contributed by atoms with Gasteiger partial charge in [0.2, 0.25) is 5.91 Å². The summed E-state index contributed by atoms with van der Waals surface area (Å²) in [6, 6.07) is 20.6. The van der Waals surface area contributed by atoms with E-state index in [0.717, 1.165) is 5.56 Å². The fourth-order valence-corrected chi connectivity index (χ4v) is 5.94. The van der Waals surface area contributed by atoms with Gasteiger partial charge in [-0.2, -0.15) is 10.5 Å². The summed E-state index contributed by atoms with van der Waals surface area (Å²) in [5.41, 5.74) is 6.95. The largest absolute Gasteiger partial charge is 0.383 e. The number of Topliss-reactive ketones (excluding diaryl/α,β-unsaturated/α-hetero) is 1. The molecule has 2 aromatic rings. The van der Waals surface area contributed by atoms with Crippen LogP contribution in [0.2, 0.25) is 0 Å². The number of anilines is 1. The molecular weight excluding hydrogens is 426 g/mol. The second-order valence-corrected chi connectivity index (χ2v) is 9.09. The van der Waals surface area contributed by atoms with Crippen molar-refractivity contribution in [1.82, 2.24) is 0 Å². The van der Waals surface area contributed by atoms with Crippen LogP contribution in [0.4, 0.5) is 5.69 Å². The zero-order valence-electron chi connectivity index (χ0n) is 18.7. The van der Waals surface area contributed by atoms with Gasteiger partial charge in [0.15, 0.2) is 5.78 Å². The minimum atomic E-state index is -1.31. The summed E-state index contributed by atoms with van der Waals surface area (Å²) in [5, 5.41) is 20.6. The Morgan fingerprint density at radius 3 is 2.50 bits per heavy atom. The van der Waals surface area contributed by atoms with Crippen LogP contribution in [0.1, 0.15) is 35.2 Å². The molecule has 4 atom stereocenters. The molecule has 2 heterocycles. The number of hydrogen-bond donors (Lipinski definition) is 1. The summed E-state index contributed by atoms with van der Waals surface area (Å²) in [5.74, 6) is -2.66. The highest BCUT2D eigenvalue weighted by molar-refractivity contribution is 6.29. The van der Waals surface area contributed by atoms with Crippen LogP contribution in [0.5, 0.6) is 0 Å². The maximum atomic E-state index is 14.2. The van der Waals surface area contributed by atoms with Gasteiger partial charge in [0.05, 0.1) is 23.4 Å². The number of carbonyl (C=O) groups is 2. The van der Waals surface area contributed by atoms with Crippen molar-refractivity contribution in [3.8, 4) is 12.1 Å². The Balaban J connectivity index is 1.80. The lowest BCUT2D eigenvalue weighted by Crippen LogP contribution is -2.66. The number of ketones is 1. The summed E-state index contributed by atoms with van der Waals surface area (Å²) >= 11 is 0. The first kappa shape index (κ1) is 21.6. The molecule has 2 N–H and O–H groups in total. The number of benzene rings is 2. The number of allylic oxidation sites excluding steroid dienone is 1. The van der Waals surface area contributed by atoms with Crippen molar-refractivity contribution in [2.75, 3.05) is 4.90 Å². The van der Waals surface area contributed by atoms with Crippen LogP contribution in [0.25, 0.3) is 0 Å². The lowest BCUT2D eigenvalue weighted by molar-refractivity contribution is -0.124. The average molecular weight is 450 g/mol. The Kier molecular flexibility index (Phi) is 5.06. The molecule has 1 saturated heterocycles. The Morgan fingerprint density at radius 2 is 1.82 bits per heavy atom. The van der Waals surface area contributed by atoms with Gasteiger partial charge in [-0.25, -0.2) is 4.99 Å². The van der Waals surface area contributed by atoms with Crippen LogP contribution >= 0.6 is 0 Å². The zero-order chi connectivity index (χ0) is 24.0. The number of para-hydroxylation sites is 1. The molecule has 0 unspecified atom stereocenters. The van der Waals surface area contributed by atoms with E-state index < -0.39 is 29.1 Å². The van der Waals surface area contributed by atoms with E-state index in [2.05, 4.69) is 17.1 Å². The van der Waals surface area contributed by atoms with E-state index in [1.165, 1.54) is 4.90 Å². The summed E-state index contributed by atoms with van der Waals surface area (Å²) in [6.45, 7) is 1.86. The minimum Gasteiger partial charge on any atom is -0.383 e. The second-order valence-electron chi connectivity index (χ2n) is 9.09. The predicted molar refractivity (Wildman–Crippen MR) is 126 cm³/mol. The summed E-state index contributed by atoms with van der Waals surface area (Å²) < 4.78 is 0. The van der Waals surface area contributed by atoms with E-state index in [4.69, 9.17) is 5.73 Å². The van der Waals surface area contributed by atoms with Crippen molar-refractivity contribution in [2.24, 2.45) is 33.9 Å². The molecule has 1 amide bonds. The van der Waals surface area contributed by atoms with Crippen molar-refractivity contribution >= 4 is 23.2 Å². The Bertz CT molecular complexity index is 1350. The average Bonchev–Trinajstić information content (AvgIpc) is 2.85. The SMILES string of the molecule is Cc1ccccc1N1C(=O)[C@H](C(=O)c2ccccc2)[C@H]2CCC[C@H]3C(C#N)=C(N)N=C1[C@]23C#N. The van der Waals surface area contributed by atoms with Crippen molar-refractivity contribution < 1.29 is 9.59 Å². The fraction of sp³-hybridized carbons (Fsp3) is 0.296. The number of nitrogens with two attached hydrogens (primary N) is 1. The molecule has 1 aliphatic carbocycles. The number of nitrogens with zero attached hydrogens (tertiary/aromatic N) is 4. The van der Waals surface area contributed by atoms with Crippen molar-refractivity contribution in [3.05, 3.63) is 77.1 Å². The quantitative estimate of drug-likeness (QED) is 0.563. The standard InChI is InChI=1S/C27H23N5O2/c1-16-8-5-6-13-21(16)32-25(34)22(23(33)17-9-3-2-4-10-17)20-12-7-11-19-18(14-28)24(30)31-26(32)27(19,20)15-29/h2-6,8-10,13,19-20,22H,7,11-12,30H2,1H3/t19-,20+,22-,27-/m0/s1. The molecule has 2 aliphatic heterocycles. The van der Waals surface area contributed by atoms with E-state index >= 15 is 0 Å². The smallest absolute Gasteiger partial charge is 0.243 e. The Labute approximate surface area is 197 Å². The third kappa shape index (κ3) is 2.84. The fourth-order valence-electron chi connectivity index (χ4n) is 5.94. The monoisotopic (exact) mass is 449 g/mol. The number of amidine groups is 1. The van der Waals surface area contributed by atoms with Gasteiger partial charge in [0.1, 0.15) is 23.0 Å². The maximum absolute atomic E-state index is 14.2. The molecule has 34 heavy (non-hydrogen) atoms. The molecule has 2 fully saturated rings. The molecule has 0 bridgehead atoms. The van der Waals surface area contributed by atoms with Gasteiger partial charge in [-0.15, -0.1) is 0 Å². The number of amides is 1. The number of aliphatic imine (C=N–C) groups is 1. The normalized spacial score (nSPS) is 27.9. The summed E-state index contributed by atoms with van der Waals surface area (Å²) in [6.07, 6.45) is 1.76. The number of hydrogen-bond acceptors (Lipinski definition) is 6. The molecule has 5 rings (SSSR count). The summed E-state index contributed by atoms with van der Waals surface area (Å²) in [7, 11) is 0. The molecular formula is C27H23N5O2. The Morgan fingerprint density at radius 1 is 1.12 bits per heavy atom. The first-order valence-corrected chi connectivity index (χ1v) is 11.3. The van der Waals surface area contributed by atoms with E-state index in [1.54, 1.807) is 36.4 Å². The van der Waals surface area contributed by atoms with Gasteiger partial charge in [0.25, 0.3) is 0 Å². The number of aryl methyl sites for hydroxylation is 1. The molecule has 7 heteroatoms. The van der Waals surface area contributed by atoms with Crippen LogP contribution in [0.3, 0.4) is 0 Å². The predicted octanol–water partition coefficient (Wildman–Crippen LogP) is 3.87. The van der Waals surface area contributed by atoms with Crippen molar-refractivity contribution in [1.29, 1.82) is 10.5 Å². The lowest BCUT2D eigenvalue weighted by Gasteiger charge is -2.54. The zero-order valence-corrected chi connectivity index (χ0v) is 18.7. The first-order chi connectivity index (χ1) is 16.5. The molecule has 2 aromatic carbocycles. The molecule has 0 radical (unpaired) electrons. The molecule has 1 saturated carbocycles. The van der Waals surface area contributed by atoms with Gasteiger partial charge in [-0.1, -0.05) is 55.0 Å². The van der Waals surface area contributed by atoms with Crippen LogP contribution in [-0.4, -0.2) is 17.5 Å². The van der Waals surface area contributed by atoms with Gasteiger partial charge in [-0.3, -0.25) is 14.5 Å². The van der Waals surface area contributed by atoms with E-state index in [-0.39, 0.29) is 23.0 Å². The van der Waals surface area contributed by atoms with E-state index in [9.17, 15) is 20.1 Å². The van der Waals surface area contributed by atoms with Crippen LogP contribution in [-0.2, 0) is 4.79 Å². The Hall–Kier alpha value is -4.23. The molecule has 0 spiro atoms. The van der Waals surface area contributed by atoms with Gasteiger partial charge >= 0.3 is 0 Å². The second kappa shape index (κ2) is 7.97. The maximum Gasteiger partial charge on any atom is 0.243 e. The van der Waals surface area contributed by atoms with Crippen molar-refractivity contribution in [2.45, 2.75) is 26.2 Å². The third-order valence-corrected chi connectivity index (χ3v) is 7.47. The van der Waals surface area contributed by atoms with E-state index in [1.807, 2.05) is 25.1 Å². The highest BCUT2D eigenvalue weighted by atomic mass is 16.2. The molecule has 168 valence electrons. The van der Waals surface area contributed by atoms with Crippen LogP contribution < -0.4 is 10.6 Å². The van der Waals surface area contributed by atoms with Crippen LogP contribution in [0, 0.1) is 52.8 Å². The first-order valence-electron chi connectivity index (χ1n) is 11.3. The van der Waals surface area contributed by atoms with Gasteiger partial charge in [0, 0.05) is 17.4 Å². The highest BCUT2D eigenvalue weighted by Crippen LogP contribution is 2.58. The van der Waals surface area contributed by atoms with E-state index in [0.29, 0.717) is 30.5 Å². The number of carbonyl (C=O) groups excluding carboxylic acids is 2. The molecule has 0 aromatic heterocycles. The highest BCUT2D eigenvalue weighted by Gasteiger charge is 2.65. The third-order valence-electron chi connectivity index (χ3n) is 7.47. The van der Waals surface area contributed by atoms with Gasteiger partial charge < -0.3 is 5.73 Å². The number of nitriles is 2. The topological polar surface area (TPSA) is 123 Å². The molecule has 3 aliphatic rings. The molecule has 7 nitrogen and oxygen atoms in total. The van der Waals surface area contributed by atoms with Crippen LogP contribution in [0.15, 0.2) is 71.0 Å². The summed E-state index contributed by atoms with van der Waals surface area (Å²) in [4.78, 5) is 33.9. The minimum absolute atomic E-state index is 0.0354. The van der Waals surface area contributed by atoms with Crippen molar-refractivity contribution in [3.63, 3.8) is 0 Å². The lowest BCUT2D eigenvalue weighted by atomic mass is 9.51.